The first-order chi connectivity index (χ1) is 38.3. The van der Waals surface area contributed by atoms with Crippen LogP contribution in [0.15, 0.2) is 195 Å². The van der Waals surface area contributed by atoms with Crippen molar-refractivity contribution in [3.05, 3.63) is 284 Å². The van der Waals surface area contributed by atoms with Crippen LogP contribution in [0.2, 0.25) is 0 Å². The van der Waals surface area contributed by atoms with Gasteiger partial charge in [-0.05, 0) is 22.3 Å². The van der Waals surface area contributed by atoms with Crippen molar-refractivity contribution in [3.8, 4) is 0 Å². The summed E-state index contributed by atoms with van der Waals surface area (Å²) in [6.45, 7) is 26.9. The average Bonchev–Trinajstić information content (AvgIpc) is 4.16. The Hall–Kier alpha value is -6.73. The molecule has 0 saturated heterocycles. The molecule has 0 saturated carbocycles. The molecule has 10 heteroatoms. The summed E-state index contributed by atoms with van der Waals surface area (Å²) in [7, 11) is 0. The number of hydrogen-bond donors (Lipinski definition) is 4. The normalized spacial score (nSPS) is 12.1. The molecule has 4 N–H and O–H groups in total. The number of hydrogen-bond acceptors (Lipinski definition) is 8. The molecule has 0 fully saturated rings. The van der Waals surface area contributed by atoms with Crippen LogP contribution >= 0.6 is 0 Å². The Kier molecular flexibility index (Phi) is 25.6. The van der Waals surface area contributed by atoms with E-state index in [1.54, 1.807) is 0 Å². The molecule has 80 heavy (non-hydrogen) atoms. The van der Waals surface area contributed by atoms with Gasteiger partial charge >= 0.3 is 310 Å². The molecule has 408 valence electrons. The van der Waals surface area contributed by atoms with Crippen molar-refractivity contribution in [1.82, 2.24) is 0 Å². The van der Waals surface area contributed by atoms with Gasteiger partial charge in [0.25, 0.3) is 0 Å². The van der Waals surface area contributed by atoms with Gasteiger partial charge in [0.05, 0.1) is 26.4 Å². The second kappa shape index (κ2) is 31.9. The molecule has 2 aliphatic rings. The molecule has 0 aliphatic carbocycles. The number of rotatable bonds is 8. The molecule has 0 radical (unpaired) electrons. The van der Waals surface area contributed by atoms with E-state index in [9.17, 15) is 0 Å². The Morgan fingerprint density at radius 3 is 0.537 bits per heavy atom. The molecule has 8 aromatic carbocycles. The van der Waals surface area contributed by atoms with Crippen molar-refractivity contribution in [2.45, 2.75) is 110 Å². The molecule has 8 nitrogen and oxygen atoms in total. The van der Waals surface area contributed by atoms with Crippen molar-refractivity contribution in [2.75, 3.05) is 19.6 Å². The predicted octanol–water partition coefficient (Wildman–Crippen LogP) is 14.7. The van der Waals surface area contributed by atoms with Crippen LogP contribution in [0.5, 0.6) is 0 Å². The zero-order valence-electron chi connectivity index (χ0n) is 49.3. The van der Waals surface area contributed by atoms with Crippen LogP contribution in [0.25, 0.3) is 0 Å². The number of aryl methyl sites for hydroxylation is 12. The van der Waals surface area contributed by atoms with Crippen molar-refractivity contribution in [1.29, 1.82) is 0 Å². The third-order valence-electron chi connectivity index (χ3n) is 13.4. The fourth-order valence-corrected chi connectivity index (χ4v) is 12.4. The molecule has 8 aromatic rings. The van der Waals surface area contributed by atoms with Crippen LogP contribution in [0.1, 0.15) is 89.0 Å². The van der Waals surface area contributed by atoms with Crippen LogP contribution in [0.3, 0.4) is 0 Å². The smallest absolute Gasteiger partial charge is 0.0681 e. The second-order valence-corrected chi connectivity index (χ2v) is 23.1. The van der Waals surface area contributed by atoms with E-state index in [-0.39, 0.29) is 26.4 Å². The summed E-state index contributed by atoms with van der Waals surface area (Å²) in [6, 6.07) is 56.3. The van der Waals surface area contributed by atoms with Gasteiger partial charge in [0.1, 0.15) is 0 Å². The average molecular weight is 1170 g/mol. The van der Waals surface area contributed by atoms with Crippen LogP contribution in [-0.4, -0.2) is 29.1 Å². The zero-order chi connectivity index (χ0) is 58.5. The molecular weight excluding hydrogens is 1090 g/mol. The Labute approximate surface area is 497 Å². The van der Waals surface area contributed by atoms with E-state index in [1.165, 1.54) is 98.2 Å². The SMILES string of the molecule is Cc1cc(C)c(N2C=CN(c3c(C)cc(C)cc3C)[C]2=[Zn])c(C)c1.Cc1cc(C)c(N2C=CN(c3c(C)cc(C)cc3C)[C]2=[Zn])c(C)c1.OCc1ccccc1.OCc1ccccc1.OCc1ccccc1.OCc1ccccc1. The maximum Gasteiger partial charge on any atom is 0.0681 e. The Bertz CT molecular complexity index is 2810. The first-order valence-corrected chi connectivity index (χ1v) is 30.1. The molecule has 10 rings (SSSR count). The van der Waals surface area contributed by atoms with E-state index in [1.807, 2.05) is 121 Å². The number of anilines is 4. The largest absolute Gasteiger partial charge is 0.392 e. The van der Waals surface area contributed by atoms with Crippen molar-refractivity contribution < 1.29 is 56.1 Å². The van der Waals surface area contributed by atoms with Crippen LogP contribution in [0.4, 0.5) is 22.7 Å². The third-order valence-corrected chi connectivity index (χ3v) is 16.3. The van der Waals surface area contributed by atoms with E-state index in [2.05, 4.69) is 176 Å². The standard InChI is InChI=1S/2C21H24N2.4C7H8O.2Zn/c2*1-14-9-16(3)20(17(4)10-14)22-7-8-23(13-22)21-18(5)11-15(2)12-19(21)6;4*8-6-7-4-2-1-3-5-7;;/h2*7-12H,1-6H3;4*1-5,8H,6H2;;. The van der Waals surface area contributed by atoms with Crippen molar-refractivity contribution >= 4 is 31.5 Å². The van der Waals surface area contributed by atoms with Gasteiger partial charge < -0.3 is 20.4 Å². The van der Waals surface area contributed by atoms with Gasteiger partial charge in [-0.1, -0.05) is 121 Å². The Balaban J connectivity index is 0.000000192. The van der Waals surface area contributed by atoms with Gasteiger partial charge in [0, 0.05) is 0 Å². The maximum absolute atomic E-state index is 8.54. The second-order valence-electron chi connectivity index (χ2n) is 20.5. The number of aliphatic hydroxyl groups is 4. The van der Waals surface area contributed by atoms with Gasteiger partial charge in [0.2, 0.25) is 0 Å². The zero-order valence-corrected chi connectivity index (χ0v) is 55.2. The van der Waals surface area contributed by atoms with Gasteiger partial charge in [-0.3, -0.25) is 0 Å². The first kappa shape index (κ1) is 64.1. The maximum atomic E-state index is 8.54. The number of aliphatic hydroxyl groups excluding tert-OH is 4. The molecule has 0 atom stereocenters. The van der Waals surface area contributed by atoms with Gasteiger partial charge in [-0.25, -0.2) is 0 Å². The van der Waals surface area contributed by atoms with Crippen LogP contribution in [0, 0.1) is 83.1 Å². The van der Waals surface area contributed by atoms with Crippen molar-refractivity contribution in [2.24, 2.45) is 0 Å². The summed E-state index contributed by atoms with van der Waals surface area (Å²) in [6.07, 6.45) is 8.84. The summed E-state index contributed by atoms with van der Waals surface area (Å²) in [5.41, 5.74) is 25.1. The molecular formula is C70H80N4O4Zn2. The molecule has 0 amide bonds. The summed E-state index contributed by atoms with van der Waals surface area (Å²) >= 11 is 2.21. The fourth-order valence-electron chi connectivity index (χ4n) is 10.2. The monoisotopic (exact) mass is 1170 g/mol. The summed E-state index contributed by atoms with van der Waals surface area (Å²) in [5.74, 6) is 0. The topological polar surface area (TPSA) is 93.9 Å². The van der Waals surface area contributed by atoms with E-state index >= 15 is 0 Å². The van der Waals surface area contributed by atoms with Gasteiger partial charge in [-0.15, -0.1) is 0 Å². The minimum absolute atomic E-state index is 0.140. The molecule has 0 aromatic heterocycles. The number of benzene rings is 8. The minimum Gasteiger partial charge on any atom is -0.392 e. The van der Waals surface area contributed by atoms with Crippen molar-refractivity contribution in [3.63, 3.8) is 0 Å². The Morgan fingerprint density at radius 1 is 0.263 bits per heavy atom. The summed E-state index contributed by atoms with van der Waals surface area (Å²) in [5, 5.41) is 34.2. The van der Waals surface area contributed by atoms with E-state index in [0.717, 1.165) is 58.0 Å². The first-order valence-electron chi connectivity index (χ1n) is 27.1. The summed E-state index contributed by atoms with van der Waals surface area (Å²) in [4.78, 5) is 9.46. The van der Waals surface area contributed by atoms with E-state index in [0.29, 0.717) is 0 Å². The fraction of sp³-hybridized carbons (Fsp3) is 0.229. The molecule has 2 aliphatic heterocycles. The predicted molar refractivity (Wildman–Crippen MR) is 330 cm³/mol. The minimum atomic E-state index is 0.140. The van der Waals surface area contributed by atoms with Crippen LogP contribution < -0.4 is 19.6 Å². The molecule has 0 spiro atoms. The van der Waals surface area contributed by atoms with Crippen LogP contribution in [-0.2, 0) is 62.1 Å². The summed E-state index contributed by atoms with van der Waals surface area (Å²) < 4.78 is 2.69. The molecule has 2 heterocycles. The quantitative estimate of drug-likeness (QED) is 0.112. The molecule has 0 unspecified atom stereocenters. The van der Waals surface area contributed by atoms with Gasteiger partial charge in [-0.2, -0.15) is 0 Å². The van der Waals surface area contributed by atoms with Gasteiger partial charge in [0.15, 0.2) is 0 Å². The number of nitrogens with zero attached hydrogens (tertiary/aromatic N) is 4. The molecule has 0 bridgehead atoms. The van der Waals surface area contributed by atoms with E-state index in [4.69, 9.17) is 20.4 Å². The van der Waals surface area contributed by atoms with E-state index < -0.39 is 0 Å². The Morgan fingerprint density at radius 2 is 0.412 bits per heavy atom. The third kappa shape index (κ3) is 18.1.